The van der Waals surface area contributed by atoms with Gasteiger partial charge in [0.05, 0.1) is 13.7 Å². The van der Waals surface area contributed by atoms with Crippen LogP contribution in [0.25, 0.3) is 0 Å². The Balaban J connectivity index is 2.03. The van der Waals surface area contributed by atoms with Crippen LogP contribution in [0.1, 0.15) is 48.4 Å². The number of esters is 1. The van der Waals surface area contributed by atoms with Gasteiger partial charge in [-0.05, 0) is 68.3 Å². The predicted molar refractivity (Wildman–Crippen MR) is 117 cm³/mol. The number of benzene rings is 2. The molecule has 2 atom stereocenters. The molecule has 0 spiro atoms. The van der Waals surface area contributed by atoms with E-state index in [2.05, 4.69) is 5.32 Å². The molecule has 2 aromatic carbocycles. The van der Waals surface area contributed by atoms with Gasteiger partial charge in [-0.1, -0.05) is 13.8 Å². The fraction of sp³-hybridized carbons (Fsp3) is 0.375. The van der Waals surface area contributed by atoms with Gasteiger partial charge in [-0.25, -0.2) is 4.79 Å². The van der Waals surface area contributed by atoms with Crippen molar-refractivity contribution in [1.29, 1.82) is 0 Å². The number of Topliss-reactive ketones (excluding diaryl/α,β-unsaturated/α-hetero) is 1. The van der Waals surface area contributed by atoms with Gasteiger partial charge in [-0.15, -0.1) is 0 Å². The third-order valence-electron chi connectivity index (χ3n) is 4.67. The third-order valence-corrected chi connectivity index (χ3v) is 4.67. The highest BCUT2D eigenvalue weighted by Crippen LogP contribution is 2.16. The Morgan fingerprint density at radius 1 is 0.871 bits per heavy atom. The first-order chi connectivity index (χ1) is 14.8. The minimum Gasteiger partial charge on any atom is -0.497 e. The van der Waals surface area contributed by atoms with E-state index in [4.69, 9.17) is 14.2 Å². The summed E-state index contributed by atoms with van der Waals surface area (Å²) in [4.78, 5) is 37.9. The number of amides is 1. The summed E-state index contributed by atoms with van der Waals surface area (Å²) in [6, 6.07) is 12.3. The van der Waals surface area contributed by atoms with Gasteiger partial charge in [-0.3, -0.25) is 9.59 Å². The zero-order valence-electron chi connectivity index (χ0n) is 18.5. The number of carbonyl (C=O) groups excluding carboxylic acids is 3. The number of nitrogens with one attached hydrogen (secondary N) is 1. The molecule has 1 N–H and O–H groups in total. The number of ether oxygens (including phenoxy) is 3. The summed E-state index contributed by atoms with van der Waals surface area (Å²) in [5.74, 6) is -0.363. The van der Waals surface area contributed by atoms with Crippen LogP contribution in [0.4, 0.5) is 0 Å². The zero-order chi connectivity index (χ0) is 23.0. The number of carbonyl (C=O) groups is 3. The van der Waals surface area contributed by atoms with Crippen molar-refractivity contribution in [3.05, 3.63) is 59.7 Å². The molecule has 0 aromatic heterocycles. The summed E-state index contributed by atoms with van der Waals surface area (Å²) in [6.07, 6.45) is -0.996. The first-order valence-electron chi connectivity index (χ1n) is 10.2. The van der Waals surface area contributed by atoms with Crippen LogP contribution in [-0.2, 0) is 9.53 Å². The first-order valence-corrected chi connectivity index (χ1v) is 10.2. The molecule has 7 nitrogen and oxygen atoms in total. The lowest BCUT2D eigenvalue weighted by Crippen LogP contribution is -2.46. The highest BCUT2D eigenvalue weighted by Gasteiger charge is 2.29. The number of methoxy groups -OCH3 is 1. The molecule has 31 heavy (non-hydrogen) atoms. The normalized spacial score (nSPS) is 12.6. The zero-order valence-corrected chi connectivity index (χ0v) is 18.5. The van der Waals surface area contributed by atoms with Gasteiger partial charge in [0.2, 0.25) is 5.78 Å². The minimum atomic E-state index is -0.996. The second-order valence-electron chi connectivity index (χ2n) is 7.32. The van der Waals surface area contributed by atoms with Crippen LogP contribution in [0.2, 0.25) is 0 Å². The molecule has 2 rings (SSSR count). The molecule has 0 aliphatic heterocycles. The lowest BCUT2D eigenvalue weighted by Gasteiger charge is -2.23. The van der Waals surface area contributed by atoms with Crippen LogP contribution in [0.5, 0.6) is 11.5 Å². The lowest BCUT2D eigenvalue weighted by molar-refractivity contribution is -0.149. The maximum Gasteiger partial charge on any atom is 0.329 e. The fourth-order valence-electron chi connectivity index (χ4n) is 2.88. The molecule has 166 valence electrons. The number of hydrogen-bond acceptors (Lipinski definition) is 6. The second-order valence-corrected chi connectivity index (χ2v) is 7.32. The summed E-state index contributed by atoms with van der Waals surface area (Å²) in [7, 11) is 1.54. The van der Waals surface area contributed by atoms with Crippen molar-refractivity contribution >= 4 is 17.7 Å². The molecule has 0 heterocycles. The summed E-state index contributed by atoms with van der Waals surface area (Å²) in [5.41, 5.74) is 0.796. The van der Waals surface area contributed by atoms with Crippen molar-refractivity contribution in [2.24, 2.45) is 5.92 Å². The molecule has 0 fully saturated rings. The van der Waals surface area contributed by atoms with E-state index in [9.17, 15) is 14.4 Å². The first kappa shape index (κ1) is 23.9. The molecule has 0 aliphatic rings. The minimum absolute atomic E-state index is 0.234. The summed E-state index contributed by atoms with van der Waals surface area (Å²) in [6.45, 7) is 7.50. The van der Waals surface area contributed by atoms with Crippen LogP contribution in [0.3, 0.4) is 0 Å². The Kier molecular flexibility index (Phi) is 8.61. The van der Waals surface area contributed by atoms with Crippen molar-refractivity contribution in [3.63, 3.8) is 0 Å². The van der Waals surface area contributed by atoms with Crippen LogP contribution in [0.15, 0.2) is 48.5 Å². The highest BCUT2D eigenvalue weighted by atomic mass is 16.5. The molecule has 0 unspecified atom stereocenters. The highest BCUT2D eigenvalue weighted by molar-refractivity contribution is 6.01. The Hall–Kier alpha value is -3.35. The van der Waals surface area contributed by atoms with Crippen molar-refractivity contribution in [2.75, 3.05) is 13.7 Å². The van der Waals surface area contributed by atoms with E-state index in [0.29, 0.717) is 29.2 Å². The molecule has 0 saturated carbocycles. The smallest absolute Gasteiger partial charge is 0.329 e. The molecule has 0 bridgehead atoms. The van der Waals surface area contributed by atoms with E-state index in [-0.39, 0.29) is 11.7 Å². The van der Waals surface area contributed by atoms with Gasteiger partial charge in [0.15, 0.2) is 6.10 Å². The molecule has 2 aromatic rings. The van der Waals surface area contributed by atoms with Crippen LogP contribution >= 0.6 is 0 Å². The Morgan fingerprint density at radius 2 is 1.42 bits per heavy atom. The fourth-order valence-corrected chi connectivity index (χ4v) is 2.88. The summed E-state index contributed by atoms with van der Waals surface area (Å²) >= 11 is 0. The van der Waals surface area contributed by atoms with Crippen LogP contribution in [0, 0.1) is 5.92 Å². The van der Waals surface area contributed by atoms with E-state index < -0.39 is 24.0 Å². The molecule has 0 radical (unpaired) electrons. The van der Waals surface area contributed by atoms with Crippen molar-refractivity contribution in [3.8, 4) is 11.5 Å². The topological polar surface area (TPSA) is 90.9 Å². The van der Waals surface area contributed by atoms with Gasteiger partial charge in [0, 0.05) is 11.1 Å². The Morgan fingerprint density at radius 3 is 1.94 bits per heavy atom. The molecule has 7 heteroatoms. The average Bonchev–Trinajstić information content (AvgIpc) is 2.77. The van der Waals surface area contributed by atoms with E-state index in [1.807, 2.05) is 6.92 Å². The van der Waals surface area contributed by atoms with E-state index in [1.54, 1.807) is 62.4 Å². The van der Waals surface area contributed by atoms with Crippen molar-refractivity contribution < 1.29 is 28.6 Å². The SMILES string of the molecule is CCOc1ccc(C(=O)N[C@H](C(=O)O[C@@H](C)C(=O)c2ccc(OC)cc2)C(C)C)cc1. The monoisotopic (exact) mass is 427 g/mol. The van der Waals surface area contributed by atoms with E-state index in [1.165, 1.54) is 14.0 Å². The molecular formula is C24H29NO6. The van der Waals surface area contributed by atoms with Gasteiger partial charge < -0.3 is 19.5 Å². The summed E-state index contributed by atoms with van der Waals surface area (Å²) in [5, 5.41) is 2.70. The predicted octanol–water partition coefficient (Wildman–Crippen LogP) is 3.66. The lowest BCUT2D eigenvalue weighted by atomic mass is 10.0. The van der Waals surface area contributed by atoms with Gasteiger partial charge >= 0.3 is 5.97 Å². The third kappa shape index (κ3) is 6.57. The number of hydrogen-bond donors (Lipinski definition) is 1. The molecule has 0 saturated heterocycles. The van der Waals surface area contributed by atoms with Gasteiger partial charge in [0.1, 0.15) is 17.5 Å². The summed E-state index contributed by atoms with van der Waals surface area (Å²) < 4.78 is 15.8. The largest absolute Gasteiger partial charge is 0.497 e. The van der Waals surface area contributed by atoms with Gasteiger partial charge in [-0.2, -0.15) is 0 Å². The second kappa shape index (κ2) is 11.2. The molecule has 1 amide bonds. The molecule has 0 aliphatic carbocycles. The van der Waals surface area contributed by atoms with E-state index in [0.717, 1.165) is 0 Å². The quantitative estimate of drug-likeness (QED) is 0.460. The Bertz CT molecular complexity index is 889. The molecular weight excluding hydrogens is 398 g/mol. The van der Waals surface area contributed by atoms with Crippen molar-refractivity contribution in [2.45, 2.75) is 39.8 Å². The van der Waals surface area contributed by atoms with Crippen LogP contribution < -0.4 is 14.8 Å². The van der Waals surface area contributed by atoms with Crippen LogP contribution in [-0.4, -0.2) is 43.5 Å². The number of rotatable bonds is 10. The number of ketones is 1. The van der Waals surface area contributed by atoms with Gasteiger partial charge in [0.25, 0.3) is 5.91 Å². The standard InChI is InChI=1S/C24H29NO6/c1-6-30-20-13-9-18(10-14-20)23(27)25-21(15(2)3)24(28)31-16(4)22(26)17-7-11-19(29-5)12-8-17/h7-16,21H,6H2,1-5H3,(H,25,27)/t16-,21-/m0/s1. The van der Waals surface area contributed by atoms with Crippen molar-refractivity contribution in [1.82, 2.24) is 5.32 Å². The Labute approximate surface area is 182 Å². The van der Waals surface area contributed by atoms with E-state index >= 15 is 0 Å². The average molecular weight is 427 g/mol. The maximum atomic E-state index is 12.7. The maximum absolute atomic E-state index is 12.7.